The van der Waals surface area contributed by atoms with Gasteiger partial charge in [-0.25, -0.2) is 8.42 Å². The van der Waals surface area contributed by atoms with Gasteiger partial charge >= 0.3 is 5.97 Å². The fourth-order valence-corrected chi connectivity index (χ4v) is 2.77. The molecule has 1 rings (SSSR count). The summed E-state index contributed by atoms with van der Waals surface area (Å²) in [6.07, 6.45) is 2.93. The van der Waals surface area contributed by atoms with E-state index in [0.717, 1.165) is 24.8 Å². The zero-order chi connectivity index (χ0) is 18.0. The standard InChI is InChI=1S/C16H24N2O5S/c1-3-4-5-10-17-15(19)12-23-16(20)11-18-24(21,22)14-8-6-13(2)7-9-14/h6-9,18H,3-5,10-12H2,1-2H3,(H,17,19). The molecule has 0 atom stereocenters. The molecule has 1 aromatic rings. The summed E-state index contributed by atoms with van der Waals surface area (Å²) in [6.45, 7) is 3.48. The number of sulfonamides is 1. The van der Waals surface area contributed by atoms with E-state index < -0.39 is 35.1 Å². The van der Waals surface area contributed by atoms with Crippen molar-refractivity contribution in [1.29, 1.82) is 0 Å². The summed E-state index contributed by atoms with van der Waals surface area (Å²) >= 11 is 0. The molecule has 0 saturated heterocycles. The molecule has 0 aliphatic carbocycles. The maximum absolute atomic E-state index is 12.0. The first-order valence-electron chi connectivity index (χ1n) is 7.84. The third-order valence-electron chi connectivity index (χ3n) is 3.20. The molecule has 0 fully saturated rings. The van der Waals surface area contributed by atoms with Crippen LogP contribution in [-0.2, 0) is 24.3 Å². The number of carbonyl (C=O) groups is 2. The Bertz CT molecular complexity index is 641. The summed E-state index contributed by atoms with van der Waals surface area (Å²) < 4.78 is 30.9. The van der Waals surface area contributed by atoms with Crippen molar-refractivity contribution in [1.82, 2.24) is 10.0 Å². The summed E-state index contributed by atoms with van der Waals surface area (Å²) in [5.41, 5.74) is 0.929. The Morgan fingerprint density at radius 3 is 2.42 bits per heavy atom. The van der Waals surface area contributed by atoms with E-state index in [1.165, 1.54) is 12.1 Å². The van der Waals surface area contributed by atoms with E-state index in [9.17, 15) is 18.0 Å². The molecule has 0 spiro atoms. The fraction of sp³-hybridized carbons (Fsp3) is 0.500. The summed E-state index contributed by atoms with van der Waals surface area (Å²) in [7, 11) is -3.78. The van der Waals surface area contributed by atoms with E-state index in [0.29, 0.717) is 6.54 Å². The molecule has 2 N–H and O–H groups in total. The third kappa shape index (κ3) is 7.56. The third-order valence-corrected chi connectivity index (χ3v) is 4.62. The predicted molar refractivity (Wildman–Crippen MR) is 89.9 cm³/mol. The van der Waals surface area contributed by atoms with Gasteiger partial charge in [-0.1, -0.05) is 37.5 Å². The second-order valence-corrected chi connectivity index (χ2v) is 7.12. The monoisotopic (exact) mass is 356 g/mol. The maximum atomic E-state index is 12.0. The minimum absolute atomic E-state index is 0.0644. The lowest BCUT2D eigenvalue weighted by Crippen LogP contribution is -2.34. The number of benzene rings is 1. The van der Waals surface area contributed by atoms with Crippen molar-refractivity contribution in [2.24, 2.45) is 0 Å². The Morgan fingerprint density at radius 2 is 1.79 bits per heavy atom. The van der Waals surface area contributed by atoms with Gasteiger partial charge in [-0.3, -0.25) is 9.59 Å². The molecular weight excluding hydrogens is 332 g/mol. The first-order valence-corrected chi connectivity index (χ1v) is 9.32. The van der Waals surface area contributed by atoms with E-state index in [2.05, 4.69) is 17.0 Å². The van der Waals surface area contributed by atoms with Crippen LogP contribution in [0.2, 0.25) is 0 Å². The number of rotatable bonds is 10. The van der Waals surface area contributed by atoms with Gasteiger partial charge in [0, 0.05) is 6.54 Å². The molecule has 0 aliphatic heterocycles. The molecule has 8 heteroatoms. The second kappa shape index (κ2) is 10.0. The van der Waals surface area contributed by atoms with Crippen LogP contribution < -0.4 is 10.0 Å². The van der Waals surface area contributed by atoms with E-state index in [1.54, 1.807) is 12.1 Å². The van der Waals surface area contributed by atoms with Crippen molar-refractivity contribution in [2.75, 3.05) is 19.7 Å². The normalized spacial score (nSPS) is 11.1. The zero-order valence-electron chi connectivity index (χ0n) is 14.0. The van der Waals surface area contributed by atoms with Crippen LogP contribution in [0.3, 0.4) is 0 Å². The zero-order valence-corrected chi connectivity index (χ0v) is 14.8. The molecule has 0 heterocycles. The number of hydrogen-bond acceptors (Lipinski definition) is 5. The molecule has 0 unspecified atom stereocenters. The van der Waals surface area contributed by atoms with Gasteiger partial charge in [0.2, 0.25) is 10.0 Å². The number of unbranched alkanes of at least 4 members (excludes halogenated alkanes) is 2. The number of nitrogens with one attached hydrogen (secondary N) is 2. The Hall–Kier alpha value is -1.93. The first-order chi connectivity index (χ1) is 11.3. The second-order valence-electron chi connectivity index (χ2n) is 5.36. The van der Waals surface area contributed by atoms with Gasteiger partial charge in [0.05, 0.1) is 4.90 Å². The lowest BCUT2D eigenvalue weighted by molar-refractivity contribution is -0.147. The lowest BCUT2D eigenvalue weighted by Gasteiger charge is -2.08. The van der Waals surface area contributed by atoms with E-state index in [1.807, 2.05) is 6.92 Å². The van der Waals surface area contributed by atoms with Crippen LogP contribution in [0.4, 0.5) is 0 Å². The molecule has 0 saturated carbocycles. The van der Waals surface area contributed by atoms with Crippen molar-refractivity contribution in [2.45, 2.75) is 38.0 Å². The maximum Gasteiger partial charge on any atom is 0.321 e. The molecule has 0 aliphatic rings. The van der Waals surface area contributed by atoms with E-state index in [4.69, 9.17) is 4.74 Å². The Kier molecular flexibility index (Phi) is 8.42. The molecule has 24 heavy (non-hydrogen) atoms. The van der Waals surface area contributed by atoms with Gasteiger partial charge < -0.3 is 10.1 Å². The molecule has 0 aromatic heterocycles. The average molecular weight is 356 g/mol. The molecule has 134 valence electrons. The molecule has 1 amide bonds. The van der Waals surface area contributed by atoms with Crippen LogP contribution in [-0.4, -0.2) is 40.0 Å². The summed E-state index contributed by atoms with van der Waals surface area (Å²) in [5, 5.41) is 2.62. The summed E-state index contributed by atoms with van der Waals surface area (Å²) in [6, 6.07) is 6.23. The van der Waals surface area contributed by atoms with Crippen LogP contribution in [0.15, 0.2) is 29.2 Å². The van der Waals surface area contributed by atoms with E-state index in [-0.39, 0.29) is 4.90 Å². The van der Waals surface area contributed by atoms with Crippen molar-refractivity contribution < 1.29 is 22.7 Å². The quantitative estimate of drug-likeness (QED) is 0.483. The number of hydrogen-bond donors (Lipinski definition) is 2. The average Bonchev–Trinajstić information content (AvgIpc) is 2.55. The van der Waals surface area contributed by atoms with Crippen LogP contribution >= 0.6 is 0 Å². The number of aryl methyl sites for hydroxylation is 1. The topological polar surface area (TPSA) is 102 Å². The molecular formula is C16H24N2O5S. The van der Waals surface area contributed by atoms with Gasteiger partial charge in [-0.05, 0) is 25.5 Å². The number of esters is 1. The van der Waals surface area contributed by atoms with Gasteiger partial charge in [-0.15, -0.1) is 0 Å². The Morgan fingerprint density at radius 1 is 1.12 bits per heavy atom. The summed E-state index contributed by atoms with van der Waals surface area (Å²) in [4.78, 5) is 23.0. The largest absolute Gasteiger partial charge is 0.455 e. The molecule has 0 radical (unpaired) electrons. The lowest BCUT2D eigenvalue weighted by atomic mass is 10.2. The number of amides is 1. The summed E-state index contributed by atoms with van der Waals surface area (Å²) in [5.74, 6) is -1.21. The Balaban J connectivity index is 2.32. The fourth-order valence-electron chi connectivity index (χ4n) is 1.81. The van der Waals surface area contributed by atoms with Crippen LogP contribution in [0.1, 0.15) is 31.7 Å². The number of carbonyl (C=O) groups excluding carboxylic acids is 2. The molecule has 7 nitrogen and oxygen atoms in total. The highest BCUT2D eigenvalue weighted by Gasteiger charge is 2.16. The van der Waals surface area contributed by atoms with Crippen LogP contribution in [0.5, 0.6) is 0 Å². The number of ether oxygens (including phenoxy) is 1. The minimum atomic E-state index is -3.78. The molecule has 1 aromatic carbocycles. The van der Waals surface area contributed by atoms with Crippen LogP contribution in [0, 0.1) is 6.92 Å². The minimum Gasteiger partial charge on any atom is -0.455 e. The highest BCUT2D eigenvalue weighted by molar-refractivity contribution is 7.89. The smallest absolute Gasteiger partial charge is 0.321 e. The van der Waals surface area contributed by atoms with Gasteiger partial charge in [-0.2, -0.15) is 4.72 Å². The first kappa shape index (κ1) is 20.1. The van der Waals surface area contributed by atoms with Crippen molar-refractivity contribution in [3.63, 3.8) is 0 Å². The predicted octanol–water partition coefficient (Wildman–Crippen LogP) is 1.12. The van der Waals surface area contributed by atoms with Crippen molar-refractivity contribution >= 4 is 21.9 Å². The van der Waals surface area contributed by atoms with Gasteiger partial charge in [0.25, 0.3) is 5.91 Å². The van der Waals surface area contributed by atoms with Crippen LogP contribution in [0.25, 0.3) is 0 Å². The van der Waals surface area contributed by atoms with Gasteiger partial charge in [0.1, 0.15) is 6.54 Å². The van der Waals surface area contributed by atoms with Crippen molar-refractivity contribution in [3.8, 4) is 0 Å². The van der Waals surface area contributed by atoms with Crippen molar-refractivity contribution in [3.05, 3.63) is 29.8 Å². The van der Waals surface area contributed by atoms with E-state index >= 15 is 0 Å². The highest BCUT2D eigenvalue weighted by atomic mass is 32.2. The Labute approximate surface area is 142 Å². The van der Waals surface area contributed by atoms with Gasteiger partial charge in [0.15, 0.2) is 6.61 Å². The highest BCUT2D eigenvalue weighted by Crippen LogP contribution is 2.09. The molecule has 0 bridgehead atoms. The SMILES string of the molecule is CCCCCNC(=O)COC(=O)CNS(=O)(=O)c1ccc(C)cc1.